The van der Waals surface area contributed by atoms with Crippen molar-refractivity contribution in [3.63, 3.8) is 0 Å². The van der Waals surface area contributed by atoms with Gasteiger partial charge in [0.15, 0.2) is 5.76 Å². The number of nitrogens with one attached hydrogen (secondary N) is 8. The Bertz CT molecular complexity index is 5600. The molecule has 27 heteroatoms. The van der Waals surface area contributed by atoms with Crippen LogP contribution in [-0.4, -0.2) is 108 Å². The molecule has 17 atom stereocenters. The summed E-state index contributed by atoms with van der Waals surface area (Å²) in [7, 11) is 0. The van der Waals surface area contributed by atoms with Crippen LogP contribution in [0, 0.1) is 57.3 Å². The van der Waals surface area contributed by atoms with Gasteiger partial charge in [-0.25, -0.2) is 0 Å². The number of carbonyl (C=O) groups excluding carboxylic acids is 8. The summed E-state index contributed by atoms with van der Waals surface area (Å²) in [5.41, 5.74) is 9.64. The van der Waals surface area contributed by atoms with Gasteiger partial charge >= 0.3 is 0 Å². The molecular weight excluding hydrogens is 1830 g/mol. The highest BCUT2D eigenvalue weighted by Gasteiger charge is 2.64. The Morgan fingerprint density at radius 3 is 0.977 bits per heavy atom. The first-order valence-electron chi connectivity index (χ1n) is 45.7. The molecule has 1 unspecified atom stereocenters. The maximum atomic E-state index is 13.3. The van der Waals surface area contributed by atoms with Crippen LogP contribution in [0.15, 0.2) is 216 Å². The quantitative estimate of drug-likeness (QED) is 0.0451. The monoisotopic (exact) mass is 1930 g/mol. The number of hydrogen-bond acceptors (Lipinski definition) is 11. The van der Waals surface area contributed by atoms with Gasteiger partial charge in [0, 0.05) is 103 Å². The summed E-state index contributed by atoms with van der Waals surface area (Å²) in [4.78, 5) is 105. The van der Waals surface area contributed by atoms with Gasteiger partial charge in [-0.15, -0.1) is 0 Å². The van der Waals surface area contributed by atoms with Gasteiger partial charge in [0.05, 0.1) is 18.1 Å². The summed E-state index contributed by atoms with van der Waals surface area (Å²) in [6.07, 6.45) is 14.4. The topological polar surface area (TPSA) is 268 Å². The van der Waals surface area contributed by atoms with Gasteiger partial charge in [0.1, 0.15) is 34.5 Å². The second kappa shape index (κ2) is 39.7. The molecule has 8 amide bonds. The molecule has 8 N–H and O–H groups in total. The molecule has 688 valence electrons. The van der Waals surface area contributed by atoms with E-state index in [9.17, 15) is 38.4 Å². The number of hydrogen-bond donors (Lipinski definition) is 8. The lowest BCUT2D eigenvalue weighted by molar-refractivity contribution is -0.139. The van der Waals surface area contributed by atoms with Gasteiger partial charge in [-0.1, -0.05) is 203 Å². The molecule has 0 radical (unpaired) electrons. The molecule has 2 aromatic heterocycles. The SMILES string of the molecule is Cc1ccc([C@@H]2CC[C@@]3(NC(=O)C4CCCC4)C(=O)NC[C@H]3[C@H]2c2ccc(Cl)cc2)c(Cl)c1.Cc1ccc([C@@H]2CC[C@@]3(NC(=O)C4CCCO4)C(=O)NC[C@H]3[C@H]2c2ccc(Cl)cc2)c(Cl)c1.Cc1ccc([C@@H]2CC[C@@]3(NC(=O)c4ccco4)C(=O)NC[C@H]3[C@H]2c2ccc(Cl)cc2)c(Cl)c1.Cc1ccc([C@@H]2CC[C@@]3(NC(=O)c4ccoc4)C(=O)NC[C@H]3[C@H]2c2ccc(Cl)cc2)c(Cl)c1. The van der Waals surface area contributed by atoms with Gasteiger partial charge in [0.2, 0.25) is 35.4 Å². The summed E-state index contributed by atoms with van der Waals surface area (Å²) < 4.78 is 16.0. The van der Waals surface area contributed by atoms with Gasteiger partial charge in [0.25, 0.3) is 11.8 Å². The van der Waals surface area contributed by atoms with Crippen molar-refractivity contribution < 1.29 is 51.9 Å². The molecule has 5 aliphatic carbocycles. The van der Waals surface area contributed by atoms with Crippen molar-refractivity contribution in [3.8, 4) is 0 Å². The zero-order valence-electron chi connectivity index (χ0n) is 73.7. The lowest BCUT2D eigenvalue weighted by Gasteiger charge is -2.47. The summed E-state index contributed by atoms with van der Waals surface area (Å²) in [6, 6.07) is 60.8. The Kier molecular flexibility index (Phi) is 28.3. The van der Waals surface area contributed by atoms with Crippen LogP contribution in [0.25, 0.3) is 0 Å². The number of carbonyl (C=O) groups is 8. The third-order valence-electron chi connectivity index (χ3n) is 30.0. The van der Waals surface area contributed by atoms with E-state index in [0.717, 1.165) is 132 Å². The molecule has 5 aliphatic heterocycles. The lowest BCUT2D eigenvalue weighted by atomic mass is 9.60. The molecule has 7 heterocycles. The highest BCUT2D eigenvalue weighted by molar-refractivity contribution is 6.33. The second-order valence-corrected chi connectivity index (χ2v) is 40.9. The maximum Gasteiger partial charge on any atom is 0.287 e. The minimum Gasteiger partial charge on any atom is -0.472 e. The van der Waals surface area contributed by atoms with Crippen LogP contribution < -0.4 is 42.5 Å². The number of fused-ring (bicyclic) bond motifs is 4. The number of aryl methyl sites for hydroxylation is 4. The van der Waals surface area contributed by atoms with Crippen LogP contribution in [0.1, 0.15) is 225 Å². The van der Waals surface area contributed by atoms with Gasteiger partial charge in [-0.2, -0.15) is 0 Å². The molecular formula is C105H106Cl8N8O11. The zero-order chi connectivity index (χ0) is 92.7. The van der Waals surface area contributed by atoms with E-state index in [-0.39, 0.29) is 130 Å². The minimum absolute atomic E-state index is 0.0139. The molecule has 8 aromatic carbocycles. The molecule has 0 bridgehead atoms. The van der Waals surface area contributed by atoms with E-state index in [4.69, 9.17) is 106 Å². The van der Waals surface area contributed by atoms with E-state index in [1.54, 1.807) is 18.2 Å². The van der Waals surface area contributed by atoms with Crippen LogP contribution in [-0.2, 0) is 33.5 Å². The van der Waals surface area contributed by atoms with Crippen LogP contribution in [0.3, 0.4) is 0 Å². The van der Waals surface area contributed by atoms with Gasteiger partial charge in [-0.3, -0.25) is 38.4 Å². The van der Waals surface area contributed by atoms with Crippen LogP contribution in [0.5, 0.6) is 0 Å². The smallest absolute Gasteiger partial charge is 0.287 e. The maximum absolute atomic E-state index is 13.3. The largest absolute Gasteiger partial charge is 0.472 e. The first-order chi connectivity index (χ1) is 63.5. The van der Waals surface area contributed by atoms with E-state index in [2.05, 4.69) is 103 Å². The molecule has 10 fully saturated rings. The van der Waals surface area contributed by atoms with Crippen molar-refractivity contribution in [2.24, 2.45) is 29.6 Å². The van der Waals surface area contributed by atoms with E-state index in [1.165, 1.54) is 18.8 Å². The fraction of sp³-hybridized carbons (Fsp3) is 0.390. The number of furan rings is 2. The van der Waals surface area contributed by atoms with Crippen LogP contribution in [0.4, 0.5) is 0 Å². The molecule has 5 saturated carbocycles. The fourth-order valence-corrected chi connectivity index (χ4v) is 25.6. The Morgan fingerprint density at radius 1 is 0.356 bits per heavy atom. The molecule has 0 spiro atoms. The van der Waals surface area contributed by atoms with Crippen molar-refractivity contribution in [1.82, 2.24) is 42.5 Å². The van der Waals surface area contributed by atoms with E-state index < -0.39 is 28.3 Å². The molecule has 5 saturated heterocycles. The fourth-order valence-electron chi connectivity index (χ4n) is 23.6. The number of rotatable bonds is 16. The van der Waals surface area contributed by atoms with E-state index in [1.807, 2.05) is 137 Å². The standard InChI is InChI=1S/C27H30Cl2N2O2.C26H24Cl2N2O3.C26H28Cl2N2O3.C26H24Cl2N2O3/c1-16-6-11-20(23(29)14-16)21-12-13-27(31-25(32)18-4-2-3-5-18)22(15-30-26(27)33)24(21)17-7-9-19(28)10-8-17;1-15-2-7-19(22(28)12-15)20-8-10-26(30-24(31)17-9-11-33-14-17)21(13-29-25(26)32)23(20)16-3-5-18(27)6-4-16;2*1-15-4-9-18(21(28)13-15)19-10-11-26(30-24(31)22-3-2-12-33-22)20(14-29-25(26)32)23(19)16-5-7-17(27)8-6-16/h6-11,14,18,21-22,24H,2-5,12-13,15H2,1H3,(H,30,33)(H,31,32);2-7,9,11-12,14,20-21,23H,8,10,13H2,1H3,(H,29,32)(H,30,31);4-9,13,19-20,22-23H,2-3,10-12,14H2,1H3,(H,29,32)(H,30,31);2-9,12-13,19-20,23H,10-11,14H2,1H3,(H,29,32)(H,30,31)/t21-,22-,24-,27-;20-,21-,23-,26-;19-,20-,22?,23-,26-;19-,20-,23-,26-/m0000/s1. The average molecular weight is 1940 g/mol. The zero-order valence-corrected chi connectivity index (χ0v) is 79.7. The number of halogens is 8. The highest BCUT2D eigenvalue weighted by atomic mass is 35.5. The van der Waals surface area contributed by atoms with Crippen molar-refractivity contribution in [2.45, 2.75) is 193 Å². The molecule has 19 nitrogen and oxygen atoms in total. The van der Waals surface area contributed by atoms with Crippen LogP contribution in [0.2, 0.25) is 40.2 Å². The third-order valence-corrected chi connectivity index (χ3v) is 32.4. The Balaban J connectivity index is 0.000000123. The van der Waals surface area contributed by atoms with Crippen molar-refractivity contribution in [1.29, 1.82) is 0 Å². The van der Waals surface area contributed by atoms with Gasteiger partial charge < -0.3 is 56.1 Å². The first kappa shape index (κ1) is 94.1. The normalized spacial score (nSPS) is 28.4. The average Bonchev–Trinajstić information content (AvgIpc) is 1.55. The van der Waals surface area contributed by atoms with E-state index in [0.29, 0.717) is 103 Å². The molecule has 10 aromatic rings. The predicted octanol–water partition coefficient (Wildman–Crippen LogP) is 21.4. The molecule has 20 rings (SSSR count). The number of benzene rings is 8. The predicted molar refractivity (Wildman–Crippen MR) is 516 cm³/mol. The summed E-state index contributed by atoms with van der Waals surface area (Å²) in [5, 5.41) is 30.4. The Hall–Kier alpha value is -9.64. The Labute approximate surface area is 809 Å². The highest BCUT2D eigenvalue weighted by Crippen LogP contribution is 2.60. The third kappa shape index (κ3) is 18.8. The minimum atomic E-state index is -1.03. The van der Waals surface area contributed by atoms with Gasteiger partial charge in [-0.05, 0) is 310 Å². The van der Waals surface area contributed by atoms with Crippen molar-refractivity contribution in [2.75, 3.05) is 32.8 Å². The molecule has 132 heavy (non-hydrogen) atoms. The van der Waals surface area contributed by atoms with Crippen molar-refractivity contribution in [3.05, 3.63) is 325 Å². The summed E-state index contributed by atoms with van der Waals surface area (Å²) in [6.45, 7) is 10.7. The number of ether oxygens (including phenoxy) is 1. The van der Waals surface area contributed by atoms with E-state index >= 15 is 0 Å². The van der Waals surface area contributed by atoms with Crippen molar-refractivity contribution >= 4 is 140 Å². The number of amides is 8. The first-order valence-corrected chi connectivity index (χ1v) is 48.7. The van der Waals surface area contributed by atoms with Crippen LogP contribution >= 0.6 is 92.8 Å². The summed E-state index contributed by atoms with van der Waals surface area (Å²) >= 11 is 51.7. The summed E-state index contributed by atoms with van der Waals surface area (Å²) in [5.74, 6) is -1.22. The lowest BCUT2D eigenvalue weighted by Crippen LogP contribution is -2.62. The molecule has 10 aliphatic rings. The second-order valence-electron chi connectivity index (χ2n) is 37.5. The Morgan fingerprint density at radius 2 is 0.682 bits per heavy atom.